The lowest BCUT2D eigenvalue weighted by Gasteiger charge is -2.38. The van der Waals surface area contributed by atoms with Crippen LogP contribution in [-0.4, -0.2) is 102 Å². The van der Waals surface area contributed by atoms with Crippen molar-refractivity contribution in [3.8, 4) is 0 Å². The van der Waals surface area contributed by atoms with Crippen LogP contribution in [0.25, 0.3) is 0 Å². The number of hydrogen-bond donors (Lipinski definition) is 2. The molecule has 6 rings (SSSR count). The Bertz CT molecular complexity index is 1290. The lowest BCUT2D eigenvalue weighted by molar-refractivity contribution is -0.141. The fraction of sp³-hybridized carbons (Fsp3) is 0.686. The number of ether oxygens (including phenoxy) is 1. The predicted molar refractivity (Wildman–Crippen MR) is 171 cm³/mol. The lowest BCUT2D eigenvalue weighted by atomic mass is 9.73. The molecule has 4 aliphatic heterocycles. The number of anilines is 1. The average molecular weight is 606 g/mol. The first kappa shape index (κ1) is 31.2. The van der Waals surface area contributed by atoms with Crippen molar-refractivity contribution in [2.75, 3.05) is 51.1 Å². The van der Waals surface area contributed by atoms with Crippen LogP contribution in [0.4, 0.5) is 5.69 Å². The number of fused-ring (bicyclic) bond motifs is 1. The first-order chi connectivity index (χ1) is 21.1. The molecular weight excluding hydrogens is 554 g/mol. The summed E-state index contributed by atoms with van der Waals surface area (Å²) in [6, 6.07) is 5.12. The number of nitrogens with zero attached hydrogens (tertiary/aromatic N) is 3. The third-order valence-corrected chi connectivity index (χ3v) is 11.5. The Kier molecular flexibility index (Phi) is 8.92. The van der Waals surface area contributed by atoms with E-state index in [9.17, 15) is 14.4 Å². The number of amides is 3. The van der Waals surface area contributed by atoms with Crippen LogP contribution in [0.2, 0.25) is 0 Å². The first-order valence-electron chi connectivity index (χ1n) is 16.9. The first-order valence-corrected chi connectivity index (χ1v) is 16.9. The highest BCUT2D eigenvalue weighted by Crippen LogP contribution is 2.55. The van der Waals surface area contributed by atoms with Gasteiger partial charge in [-0.05, 0) is 74.9 Å². The molecule has 2 bridgehead atoms. The van der Waals surface area contributed by atoms with E-state index in [0.29, 0.717) is 24.1 Å². The number of benzene rings is 1. The molecule has 3 saturated heterocycles. The zero-order chi connectivity index (χ0) is 31.2. The van der Waals surface area contributed by atoms with E-state index >= 15 is 0 Å². The lowest BCUT2D eigenvalue weighted by Crippen LogP contribution is -2.58. The highest BCUT2D eigenvalue weighted by atomic mass is 16.5. The summed E-state index contributed by atoms with van der Waals surface area (Å²) in [4.78, 5) is 49.1. The van der Waals surface area contributed by atoms with Crippen molar-refractivity contribution in [3.63, 3.8) is 0 Å². The van der Waals surface area contributed by atoms with Crippen molar-refractivity contribution >= 4 is 23.4 Å². The number of carbonyl (C=O) groups is 3. The van der Waals surface area contributed by atoms with Gasteiger partial charge in [0.2, 0.25) is 17.7 Å². The molecule has 4 fully saturated rings. The van der Waals surface area contributed by atoms with E-state index < -0.39 is 29.6 Å². The van der Waals surface area contributed by atoms with Gasteiger partial charge in [-0.25, -0.2) is 0 Å². The molecule has 0 radical (unpaired) electrons. The molecule has 9 nitrogen and oxygen atoms in total. The van der Waals surface area contributed by atoms with Crippen LogP contribution in [0.15, 0.2) is 30.4 Å². The summed E-state index contributed by atoms with van der Waals surface area (Å²) in [5.41, 5.74) is 1.81. The Hall–Kier alpha value is -2.75. The van der Waals surface area contributed by atoms with Gasteiger partial charge < -0.3 is 30.1 Å². The standard InChI is InChI=1S/C35H51N5O4/c1-6-38-17-19-39(20-18-38)15-8-16-40-31(33(42)37-27-10-7-9-23(3)25(27)5)35-14-13-28(44-35)29(30(35)34(40)43)32(41)36-26-12-11-22(2)24(4)21-26/h11-14,21,23,25,27-31H,6-10,15-20H2,1-5H3,(H,36,41)(H,37,42). The Labute approximate surface area is 262 Å². The minimum Gasteiger partial charge on any atom is -0.359 e. The minimum atomic E-state index is -1.13. The van der Waals surface area contributed by atoms with Crippen molar-refractivity contribution < 1.29 is 19.1 Å². The largest absolute Gasteiger partial charge is 0.359 e. The molecule has 44 heavy (non-hydrogen) atoms. The zero-order valence-electron chi connectivity index (χ0n) is 27.2. The highest BCUT2D eigenvalue weighted by molar-refractivity contribution is 6.02. The predicted octanol–water partition coefficient (Wildman–Crippen LogP) is 3.36. The van der Waals surface area contributed by atoms with E-state index in [-0.39, 0.29) is 23.8 Å². The normalized spacial score (nSPS) is 35.2. The Balaban J connectivity index is 1.23. The summed E-state index contributed by atoms with van der Waals surface area (Å²) in [5.74, 6) is -1.04. The SMILES string of the molecule is CCN1CCN(CCCN2C(=O)C3C(C(=O)Nc4ccc(C)c(C)c4)C4C=CC3(O4)C2C(=O)NC2CCCC(C)C2C)CC1. The minimum absolute atomic E-state index is 0.0694. The summed E-state index contributed by atoms with van der Waals surface area (Å²) in [6.07, 6.45) is 7.26. The van der Waals surface area contributed by atoms with E-state index in [1.807, 2.05) is 44.2 Å². The maximum Gasteiger partial charge on any atom is 0.246 e. The van der Waals surface area contributed by atoms with E-state index in [1.54, 1.807) is 4.90 Å². The van der Waals surface area contributed by atoms with Gasteiger partial charge in [0, 0.05) is 44.5 Å². The molecule has 1 spiro atoms. The molecule has 2 N–H and O–H groups in total. The van der Waals surface area contributed by atoms with E-state index in [0.717, 1.165) is 69.7 Å². The number of likely N-dealkylation sites (N-methyl/N-ethyl adjacent to an activating group) is 1. The van der Waals surface area contributed by atoms with Crippen molar-refractivity contribution in [1.82, 2.24) is 20.0 Å². The van der Waals surface area contributed by atoms with Gasteiger partial charge in [-0.15, -0.1) is 0 Å². The van der Waals surface area contributed by atoms with Crippen LogP contribution in [0.1, 0.15) is 57.6 Å². The van der Waals surface area contributed by atoms with Crippen LogP contribution in [0, 0.1) is 37.5 Å². The van der Waals surface area contributed by atoms with E-state index in [1.165, 1.54) is 6.42 Å². The fourth-order valence-electron chi connectivity index (χ4n) is 8.39. The monoisotopic (exact) mass is 605 g/mol. The fourth-order valence-corrected chi connectivity index (χ4v) is 8.39. The molecule has 3 amide bonds. The molecule has 1 aromatic rings. The summed E-state index contributed by atoms with van der Waals surface area (Å²) >= 11 is 0. The van der Waals surface area contributed by atoms with Gasteiger partial charge in [-0.2, -0.15) is 0 Å². The molecule has 5 aliphatic rings. The summed E-state index contributed by atoms with van der Waals surface area (Å²) in [5, 5.41) is 6.43. The van der Waals surface area contributed by atoms with Gasteiger partial charge in [-0.1, -0.05) is 51.8 Å². The molecule has 1 aromatic carbocycles. The molecule has 4 heterocycles. The molecule has 1 aliphatic carbocycles. The van der Waals surface area contributed by atoms with Crippen LogP contribution in [0.3, 0.4) is 0 Å². The number of aryl methyl sites for hydroxylation is 2. The second kappa shape index (κ2) is 12.6. The maximum atomic E-state index is 14.4. The summed E-state index contributed by atoms with van der Waals surface area (Å²) in [7, 11) is 0. The summed E-state index contributed by atoms with van der Waals surface area (Å²) < 4.78 is 6.58. The zero-order valence-corrected chi connectivity index (χ0v) is 27.2. The van der Waals surface area contributed by atoms with Gasteiger partial charge in [0.15, 0.2) is 0 Å². The van der Waals surface area contributed by atoms with Crippen molar-refractivity contribution in [2.45, 2.75) is 84.1 Å². The molecule has 240 valence electrons. The number of likely N-dealkylation sites (tertiary alicyclic amines) is 1. The smallest absolute Gasteiger partial charge is 0.246 e. The van der Waals surface area contributed by atoms with E-state index in [4.69, 9.17) is 4.74 Å². The average Bonchev–Trinajstić information content (AvgIpc) is 3.65. The number of hydrogen-bond acceptors (Lipinski definition) is 6. The van der Waals surface area contributed by atoms with Crippen LogP contribution < -0.4 is 10.6 Å². The number of carbonyl (C=O) groups excluding carboxylic acids is 3. The van der Waals surface area contributed by atoms with E-state index in [2.05, 4.69) is 41.2 Å². The van der Waals surface area contributed by atoms with Crippen molar-refractivity contribution in [3.05, 3.63) is 41.5 Å². The maximum absolute atomic E-state index is 14.4. The number of piperazine rings is 1. The van der Waals surface area contributed by atoms with Crippen LogP contribution in [-0.2, 0) is 19.1 Å². The second-order valence-corrected chi connectivity index (χ2v) is 14.0. The van der Waals surface area contributed by atoms with Gasteiger partial charge in [0.05, 0.1) is 17.9 Å². The van der Waals surface area contributed by atoms with Crippen LogP contribution in [0.5, 0.6) is 0 Å². The molecular formula is C35H51N5O4. The number of nitrogens with one attached hydrogen (secondary N) is 2. The Morgan fingerprint density at radius 3 is 2.48 bits per heavy atom. The van der Waals surface area contributed by atoms with Crippen molar-refractivity contribution in [2.24, 2.45) is 23.7 Å². The summed E-state index contributed by atoms with van der Waals surface area (Å²) in [6.45, 7) is 17.3. The third kappa shape index (κ3) is 5.60. The molecule has 1 saturated carbocycles. The Morgan fingerprint density at radius 1 is 1.00 bits per heavy atom. The molecule has 8 atom stereocenters. The van der Waals surface area contributed by atoms with Gasteiger partial charge in [0.25, 0.3) is 0 Å². The second-order valence-electron chi connectivity index (χ2n) is 14.0. The topological polar surface area (TPSA) is 94.2 Å². The molecule has 0 aromatic heterocycles. The Morgan fingerprint density at radius 2 is 1.75 bits per heavy atom. The van der Waals surface area contributed by atoms with Gasteiger partial charge >= 0.3 is 0 Å². The van der Waals surface area contributed by atoms with Gasteiger partial charge in [0.1, 0.15) is 11.6 Å². The molecule has 8 unspecified atom stereocenters. The highest BCUT2D eigenvalue weighted by Gasteiger charge is 2.72. The van der Waals surface area contributed by atoms with Gasteiger partial charge in [-0.3, -0.25) is 14.4 Å². The third-order valence-electron chi connectivity index (χ3n) is 11.5. The number of rotatable bonds is 9. The molecule has 9 heteroatoms. The van der Waals surface area contributed by atoms with Crippen LogP contribution >= 0.6 is 0 Å². The quantitative estimate of drug-likeness (QED) is 0.420. The van der Waals surface area contributed by atoms with Crippen molar-refractivity contribution in [1.29, 1.82) is 0 Å².